The number of amides is 1. The van der Waals surface area contributed by atoms with E-state index in [2.05, 4.69) is 25.4 Å². The Balaban J connectivity index is 1.43. The average Bonchev–Trinajstić information content (AvgIpc) is 3.22. The molecule has 0 fully saturated rings. The van der Waals surface area contributed by atoms with Gasteiger partial charge in [-0.2, -0.15) is 31.4 Å². The van der Waals surface area contributed by atoms with Crippen LogP contribution in [-0.2, 0) is 30.4 Å². The average molecular weight is 513 g/mol. The number of carbonyl (C=O) groups is 1. The third kappa shape index (κ3) is 5.74. The van der Waals surface area contributed by atoms with Gasteiger partial charge in [0.1, 0.15) is 23.2 Å². The van der Waals surface area contributed by atoms with E-state index in [-0.39, 0.29) is 18.1 Å². The van der Waals surface area contributed by atoms with Crippen molar-refractivity contribution in [3.8, 4) is 0 Å². The van der Waals surface area contributed by atoms with Gasteiger partial charge in [0, 0.05) is 25.9 Å². The molecule has 0 unspecified atom stereocenters. The molecule has 1 atom stereocenters. The lowest BCUT2D eigenvalue weighted by Gasteiger charge is -2.35. The van der Waals surface area contributed by atoms with Crippen LogP contribution >= 0.6 is 0 Å². The first-order valence-electron chi connectivity index (χ1n) is 10.8. The summed E-state index contributed by atoms with van der Waals surface area (Å²) >= 11 is 0. The van der Waals surface area contributed by atoms with Gasteiger partial charge in [0.15, 0.2) is 5.82 Å². The van der Waals surface area contributed by atoms with Crippen LogP contribution in [0.1, 0.15) is 34.8 Å². The molecule has 3 aromatic heterocycles. The Labute approximate surface area is 201 Å². The molecule has 4 rings (SSSR count). The lowest BCUT2D eigenvalue weighted by molar-refractivity contribution is -0.145. The molecule has 0 bridgehead atoms. The van der Waals surface area contributed by atoms with Gasteiger partial charge in [-0.1, -0.05) is 6.07 Å². The summed E-state index contributed by atoms with van der Waals surface area (Å²) < 4.78 is 78.4. The van der Waals surface area contributed by atoms with E-state index in [0.717, 1.165) is 17.8 Å². The topological polar surface area (TPSA) is 88.8 Å². The van der Waals surface area contributed by atoms with Gasteiger partial charge in [0.2, 0.25) is 5.91 Å². The van der Waals surface area contributed by atoms with Crippen LogP contribution in [0.3, 0.4) is 0 Å². The molecular weight excluding hydrogens is 492 g/mol. The molecule has 4 heterocycles. The number of aromatic nitrogens is 5. The molecule has 8 nitrogen and oxygen atoms in total. The highest BCUT2D eigenvalue weighted by atomic mass is 19.4. The van der Waals surface area contributed by atoms with Crippen molar-refractivity contribution >= 4 is 17.4 Å². The molecule has 3 aromatic rings. The lowest BCUT2D eigenvalue weighted by atomic mass is 10.1. The molecule has 192 valence electrons. The Hall–Kier alpha value is -3.71. The minimum atomic E-state index is -4.52. The highest BCUT2D eigenvalue weighted by molar-refractivity contribution is 6.03. The molecule has 0 aliphatic carbocycles. The molecule has 1 aliphatic heterocycles. The molecule has 0 radical (unpaired) electrons. The van der Waals surface area contributed by atoms with E-state index in [9.17, 15) is 31.1 Å². The molecule has 0 saturated carbocycles. The second-order valence-electron chi connectivity index (χ2n) is 8.45. The molecule has 1 N–H and O–H groups in total. The van der Waals surface area contributed by atoms with Crippen LogP contribution in [-0.4, -0.2) is 49.9 Å². The Morgan fingerprint density at radius 2 is 1.78 bits per heavy atom. The Kier molecular flexibility index (Phi) is 6.62. The third-order valence-electron chi connectivity index (χ3n) is 5.68. The van der Waals surface area contributed by atoms with Crippen molar-refractivity contribution < 1.29 is 31.1 Å². The summed E-state index contributed by atoms with van der Waals surface area (Å²) in [6, 6.07) is 0.814. The first kappa shape index (κ1) is 25.4. The van der Waals surface area contributed by atoms with Crippen molar-refractivity contribution in [3.63, 3.8) is 0 Å². The minimum absolute atomic E-state index is 0.219. The van der Waals surface area contributed by atoms with Gasteiger partial charge in [-0.25, -0.2) is 9.97 Å². The number of carbonyl (C=O) groups excluding carboxylic acids is 1. The van der Waals surface area contributed by atoms with Gasteiger partial charge in [0.05, 0.1) is 24.9 Å². The van der Waals surface area contributed by atoms with Gasteiger partial charge >= 0.3 is 12.4 Å². The van der Waals surface area contributed by atoms with Gasteiger partial charge < -0.3 is 10.2 Å². The summed E-state index contributed by atoms with van der Waals surface area (Å²) in [6.07, 6.45) is -5.03. The Morgan fingerprint density at radius 1 is 1.03 bits per heavy atom. The zero-order valence-corrected chi connectivity index (χ0v) is 19.2. The zero-order chi connectivity index (χ0) is 26.3. The third-order valence-corrected chi connectivity index (χ3v) is 5.68. The predicted octanol–water partition coefficient (Wildman–Crippen LogP) is 3.94. The molecule has 0 saturated heterocycles. The van der Waals surface area contributed by atoms with Crippen LogP contribution in [0.25, 0.3) is 0 Å². The molecule has 1 amide bonds. The van der Waals surface area contributed by atoms with E-state index in [1.165, 1.54) is 18.0 Å². The van der Waals surface area contributed by atoms with E-state index in [0.29, 0.717) is 29.9 Å². The predicted molar refractivity (Wildman–Crippen MR) is 116 cm³/mol. The van der Waals surface area contributed by atoms with Crippen molar-refractivity contribution in [2.75, 3.05) is 17.3 Å². The summed E-state index contributed by atoms with van der Waals surface area (Å²) in [5, 5.41) is 6.69. The largest absolute Gasteiger partial charge is 0.433 e. The number of halogens is 6. The van der Waals surface area contributed by atoms with Crippen molar-refractivity contribution in [2.45, 2.75) is 51.1 Å². The lowest BCUT2D eigenvalue weighted by Crippen LogP contribution is -2.49. The van der Waals surface area contributed by atoms with E-state index in [4.69, 9.17) is 0 Å². The van der Waals surface area contributed by atoms with Crippen molar-refractivity contribution in [2.24, 2.45) is 0 Å². The number of aryl methyl sites for hydroxylation is 3. The minimum Gasteiger partial charge on any atom is -0.345 e. The SMILES string of the molecule is Cc1nc(CCc2cnn(Cc3ccc(C(F)(F)F)nc3)c2)nc2c1NC(=O)[C@@H](CC(F)(F)F)N2C. The first-order chi connectivity index (χ1) is 16.8. The number of fused-ring (bicyclic) bond motifs is 1. The number of likely N-dealkylation sites (N-methyl/N-ethyl adjacent to an activating group) is 1. The van der Waals surface area contributed by atoms with Crippen LogP contribution < -0.4 is 10.2 Å². The van der Waals surface area contributed by atoms with Gasteiger partial charge in [-0.3, -0.25) is 14.5 Å². The van der Waals surface area contributed by atoms with Crippen LogP contribution in [0.15, 0.2) is 30.7 Å². The van der Waals surface area contributed by atoms with Crippen molar-refractivity contribution in [3.05, 3.63) is 59.1 Å². The summed E-state index contributed by atoms with van der Waals surface area (Å²) in [5.41, 5.74) is 1.10. The zero-order valence-electron chi connectivity index (χ0n) is 19.2. The maximum absolute atomic E-state index is 12.9. The van der Waals surface area contributed by atoms with Crippen LogP contribution in [0.4, 0.5) is 37.8 Å². The maximum Gasteiger partial charge on any atom is 0.433 e. The highest BCUT2D eigenvalue weighted by Gasteiger charge is 2.41. The fourth-order valence-corrected chi connectivity index (χ4v) is 3.86. The van der Waals surface area contributed by atoms with Crippen LogP contribution in [0.2, 0.25) is 0 Å². The van der Waals surface area contributed by atoms with E-state index < -0.39 is 36.4 Å². The van der Waals surface area contributed by atoms with Crippen LogP contribution in [0, 0.1) is 6.92 Å². The summed E-state index contributed by atoms with van der Waals surface area (Å²) in [7, 11) is 1.39. The molecule has 0 spiro atoms. The first-order valence-corrected chi connectivity index (χ1v) is 10.8. The summed E-state index contributed by atoms with van der Waals surface area (Å²) in [6.45, 7) is 1.86. The fourth-order valence-electron chi connectivity index (χ4n) is 3.86. The molecule has 0 aromatic carbocycles. The second-order valence-corrected chi connectivity index (χ2v) is 8.45. The number of nitrogens with zero attached hydrogens (tertiary/aromatic N) is 6. The molecule has 14 heteroatoms. The molecule has 36 heavy (non-hydrogen) atoms. The van der Waals surface area contributed by atoms with Crippen molar-refractivity contribution in [1.82, 2.24) is 24.7 Å². The van der Waals surface area contributed by atoms with E-state index >= 15 is 0 Å². The van der Waals surface area contributed by atoms with Gasteiger partial charge in [0.25, 0.3) is 0 Å². The maximum atomic E-state index is 12.9. The fraction of sp³-hybridized carbons (Fsp3) is 0.409. The van der Waals surface area contributed by atoms with Crippen molar-refractivity contribution in [1.29, 1.82) is 0 Å². The number of anilines is 2. The molecular formula is C22H21F6N7O. The Bertz CT molecular complexity index is 1250. The smallest absolute Gasteiger partial charge is 0.345 e. The second kappa shape index (κ2) is 9.39. The molecule has 1 aliphatic rings. The number of hydrogen-bond donors (Lipinski definition) is 1. The number of alkyl halides is 6. The number of hydrogen-bond acceptors (Lipinski definition) is 6. The van der Waals surface area contributed by atoms with E-state index in [1.54, 1.807) is 24.0 Å². The van der Waals surface area contributed by atoms with Crippen LogP contribution in [0.5, 0.6) is 0 Å². The number of pyridine rings is 1. The van der Waals surface area contributed by atoms with Gasteiger partial charge in [-0.05, 0) is 30.5 Å². The van der Waals surface area contributed by atoms with E-state index in [1.807, 2.05) is 0 Å². The summed E-state index contributed by atoms with van der Waals surface area (Å²) in [4.78, 5) is 25.6. The number of rotatable bonds is 6. The standard InChI is InChI=1S/C22H21F6N7O/c1-12-18-19(34(2)15(20(36)33-18)7-21(23,24)25)32-17(31-12)6-4-14-9-30-35(11-14)10-13-3-5-16(29-8-13)22(26,27)28/h3,5,8-9,11,15H,4,6-7,10H2,1-2H3,(H,33,36)/t15-/m1/s1. The quantitative estimate of drug-likeness (QED) is 0.503. The normalized spacial score (nSPS) is 16.2. The highest BCUT2D eigenvalue weighted by Crippen LogP contribution is 2.35. The Morgan fingerprint density at radius 3 is 2.42 bits per heavy atom. The monoisotopic (exact) mass is 513 g/mol. The van der Waals surface area contributed by atoms with Gasteiger partial charge in [-0.15, -0.1) is 0 Å². The summed E-state index contributed by atoms with van der Waals surface area (Å²) in [5.74, 6) is -0.158. The number of nitrogens with one attached hydrogen (secondary N) is 1.